The molecule has 12 heteroatoms. The molecule has 0 aromatic heterocycles. The number of hydrogen-bond donors (Lipinski definition) is 0. The SMILES string of the molecule is CCOC(=O)C(C(C)=O)c1c([N+](=O)[O-])cc([N+](=O)[O-])cc1[N+](=O)[O-]. The van der Waals surface area contributed by atoms with Crippen LogP contribution in [0.3, 0.4) is 0 Å². The van der Waals surface area contributed by atoms with Gasteiger partial charge in [-0.15, -0.1) is 0 Å². The second-order valence-corrected chi connectivity index (χ2v) is 4.46. The zero-order chi connectivity index (χ0) is 18.6. The summed E-state index contributed by atoms with van der Waals surface area (Å²) in [5.74, 6) is -4.09. The van der Waals surface area contributed by atoms with E-state index in [0.29, 0.717) is 12.1 Å². The molecule has 1 aromatic rings. The van der Waals surface area contributed by atoms with Crippen LogP contribution in [0.25, 0.3) is 0 Å². The van der Waals surface area contributed by atoms with E-state index in [1.54, 1.807) is 0 Å². The predicted octanol–water partition coefficient (Wildman–Crippen LogP) is 1.65. The molecule has 1 unspecified atom stereocenters. The molecule has 0 spiro atoms. The zero-order valence-corrected chi connectivity index (χ0v) is 12.5. The molecule has 24 heavy (non-hydrogen) atoms. The molecule has 0 aliphatic carbocycles. The van der Waals surface area contributed by atoms with Gasteiger partial charge < -0.3 is 4.74 Å². The average molecular weight is 341 g/mol. The van der Waals surface area contributed by atoms with Crippen molar-refractivity contribution in [2.75, 3.05) is 6.61 Å². The summed E-state index contributed by atoms with van der Waals surface area (Å²) in [7, 11) is 0. The first-order valence-electron chi connectivity index (χ1n) is 6.40. The number of non-ortho nitro benzene ring substituents is 1. The number of Topliss-reactive ketones (excluding diaryl/α,β-unsaturated/α-hetero) is 1. The minimum Gasteiger partial charge on any atom is -0.465 e. The fourth-order valence-electron chi connectivity index (χ4n) is 2.02. The van der Waals surface area contributed by atoms with E-state index in [4.69, 9.17) is 0 Å². The topological polar surface area (TPSA) is 173 Å². The van der Waals surface area contributed by atoms with Gasteiger partial charge >= 0.3 is 5.97 Å². The highest BCUT2D eigenvalue weighted by Crippen LogP contribution is 2.39. The van der Waals surface area contributed by atoms with E-state index in [2.05, 4.69) is 4.74 Å². The molecule has 0 aliphatic rings. The first kappa shape index (κ1) is 18.6. The summed E-state index contributed by atoms with van der Waals surface area (Å²) in [6, 6.07) is 0.912. The van der Waals surface area contributed by atoms with Crippen molar-refractivity contribution < 1.29 is 29.1 Å². The summed E-state index contributed by atoms with van der Waals surface area (Å²) in [6.45, 7) is 2.14. The van der Waals surface area contributed by atoms with Crippen molar-refractivity contribution in [2.45, 2.75) is 19.8 Å². The van der Waals surface area contributed by atoms with Gasteiger partial charge in [-0.1, -0.05) is 0 Å². The first-order chi connectivity index (χ1) is 11.1. The lowest BCUT2D eigenvalue weighted by molar-refractivity contribution is -0.404. The molecule has 128 valence electrons. The number of carbonyl (C=O) groups excluding carboxylic acids is 2. The third kappa shape index (κ3) is 3.66. The maximum absolute atomic E-state index is 11.9. The number of rotatable bonds is 7. The Hall–Kier alpha value is -3.44. The molecule has 0 aliphatic heterocycles. The summed E-state index contributed by atoms with van der Waals surface area (Å²) in [5, 5.41) is 33.2. The molecular formula is C12H11N3O9. The second-order valence-electron chi connectivity index (χ2n) is 4.46. The minimum absolute atomic E-state index is 0.169. The van der Waals surface area contributed by atoms with Crippen LogP contribution in [0, 0.1) is 30.3 Å². The van der Waals surface area contributed by atoms with Gasteiger partial charge in [0.2, 0.25) is 0 Å². The number of nitro groups is 3. The second kappa shape index (κ2) is 7.21. The van der Waals surface area contributed by atoms with Crippen LogP contribution in [0.4, 0.5) is 17.1 Å². The number of carbonyl (C=O) groups is 2. The number of benzene rings is 1. The van der Waals surface area contributed by atoms with Gasteiger partial charge in [-0.25, -0.2) is 0 Å². The van der Waals surface area contributed by atoms with E-state index in [-0.39, 0.29) is 6.61 Å². The summed E-state index contributed by atoms with van der Waals surface area (Å²) >= 11 is 0. The van der Waals surface area contributed by atoms with Crippen molar-refractivity contribution in [3.63, 3.8) is 0 Å². The Morgan fingerprint density at radius 3 is 1.79 bits per heavy atom. The van der Waals surface area contributed by atoms with Gasteiger partial charge in [0.15, 0.2) is 5.92 Å². The van der Waals surface area contributed by atoms with Crippen LogP contribution in [0.15, 0.2) is 12.1 Å². The van der Waals surface area contributed by atoms with Crippen LogP contribution < -0.4 is 0 Å². The maximum Gasteiger partial charge on any atom is 0.321 e. The molecule has 0 bridgehead atoms. The van der Waals surface area contributed by atoms with E-state index in [0.717, 1.165) is 6.92 Å². The highest BCUT2D eigenvalue weighted by Gasteiger charge is 2.41. The molecule has 0 heterocycles. The Balaban J connectivity index is 3.84. The Kier molecular flexibility index (Phi) is 5.59. The van der Waals surface area contributed by atoms with E-state index >= 15 is 0 Å². The Labute approximate surface area is 133 Å². The van der Waals surface area contributed by atoms with Crippen LogP contribution in [-0.2, 0) is 14.3 Å². The number of esters is 1. The zero-order valence-electron chi connectivity index (χ0n) is 12.5. The molecule has 1 atom stereocenters. The van der Waals surface area contributed by atoms with E-state index in [1.807, 2.05) is 0 Å². The Morgan fingerprint density at radius 1 is 1.04 bits per heavy atom. The summed E-state index contributed by atoms with van der Waals surface area (Å²) in [5.41, 5.74) is -3.92. The van der Waals surface area contributed by atoms with Crippen molar-refractivity contribution in [3.05, 3.63) is 48.0 Å². The summed E-state index contributed by atoms with van der Waals surface area (Å²) < 4.78 is 4.63. The predicted molar refractivity (Wildman–Crippen MR) is 76.5 cm³/mol. The lowest BCUT2D eigenvalue weighted by Gasteiger charge is -2.13. The average Bonchev–Trinajstić information content (AvgIpc) is 2.46. The number of ketones is 1. The number of hydrogen-bond acceptors (Lipinski definition) is 9. The highest BCUT2D eigenvalue weighted by atomic mass is 16.6. The quantitative estimate of drug-likeness (QED) is 0.309. The molecule has 0 amide bonds. The van der Waals surface area contributed by atoms with Gasteiger partial charge in [0, 0.05) is 0 Å². The molecule has 0 fully saturated rings. The molecule has 0 radical (unpaired) electrons. The minimum atomic E-state index is -1.94. The van der Waals surface area contributed by atoms with Crippen molar-refractivity contribution in [2.24, 2.45) is 0 Å². The maximum atomic E-state index is 11.9. The standard InChI is InChI=1S/C12H11N3O9/c1-3-24-12(17)10(6(2)16)11-8(14(20)21)4-7(13(18)19)5-9(11)15(22)23/h4-5,10H,3H2,1-2H3. The van der Waals surface area contributed by atoms with E-state index < -0.39 is 55.1 Å². The molecule has 0 saturated heterocycles. The van der Waals surface area contributed by atoms with Crippen molar-refractivity contribution >= 4 is 28.8 Å². The molecule has 1 aromatic carbocycles. The molecular weight excluding hydrogens is 330 g/mol. The van der Waals surface area contributed by atoms with Crippen LogP contribution in [-0.4, -0.2) is 33.1 Å². The van der Waals surface area contributed by atoms with E-state index in [9.17, 15) is 39.9 Å². The van der Waals surface area contributed by atoms with Crippen LogP contribution in [0.2, 0.25) is 0 Å². The van der Waals surface area contributed by atoms with Gasteiger partial charge in [0.05, 0.1) is 33.5 Å². The fraction of sp³-hybridized carbons (Fsp3) is 0.333. The van der Waals surface area contributed by atoms with Crippen LogP contribution in [0.5, 0.6) is 0 Å². The van der Waals surface area contributed by atoms with Crippen molar-refractivity contribution in [1.82, 2.24) is 0 Å². The van der Waals surface area contributed by atoms with Crippen LogP contribution in [0.1, 0.15) is 25.3 Å². The van der Waals surface area contributed by atoms with Crippen LogP contribution >= 0.6 is 0 Å². The molecule has 0 N–H and O–H groups in total. The largest absolute Gasteiger partial charge is 0.465 e. The van der Waals surface area contributed by atoms with Gasteiger partial charge in [-0.3, -0.25) is 39.9 Å². The highest BCUT2D eigenvalue weighted by molar-refractivity contribution is 6.05. The molecule has 0 saturated carbocycles. The summed E-state index contributed by atoms with van der Waals surface area (Å²) in [4.78, 5) is 53.5. The van der Waals surface area contributed by atoms with Gasteiger partial charge in [-0.05, 0) is 13.8 Å². The lowest BCUT2D eigenvalue weighted by Crippen LogP contribution is -2.24. The van der Waals surface area contributed by atoms with Gasteiger partial charge in [-0.2, -0.15) is 0 Å². The van der Waals surface area contributed by atoms with Crippen molar-refractivity contribution in [3.8, 4) is 0 Å². The number of nitrogens with zero attached hydrogens (tertiary/aromatic N) is 3. The lowest BCUT2D eigenvalue weighted by atomic mass is 9.92. The van der Waals surface area contributed by atoms with Gasteiger partial charge in [0.1, 0.15) is 11.3 Å². The first-order valence-corrected chi connectivity index (χ1v) is 6.40. The van der Waals surface area contributed by atoms with Gasteiger partial charge in [0.25, 0.3) is 17.1 Å². The van der Waals surface area contributed by atoms with E-state index in [1.165, 1.54) is 6.92 Å². The normalized spacial score (nSPS) is 11.4. The Morgan fingerprint density at radius 2 is 1.50 bits per heavy atom. The fourth-order valence-corrected chi connectivity index (χ4v) is 2.02. The monoisotopic (exact) mass is 341 g/mol. The summed E-state index contributed by atoms with van der Waals surface area (Å²) in [6.07, 6.45) is 0. The molecule has 12 nitrogen and oxygen atoms in total. The third-order valence-corrected chi connectivity index (χ3v) is 2.94. The smallest absolute Gasteiger partial charge is 0.321 e. The van der Waals surface area contributed by atoms with Crippen molar-refractivity contribution in [1.29, 1.82) is 0 Å². The Bertz CT molecular complexity index is 708. The third-order valence-electron chi connectivity index (χ3n) is 2.94. The number of ether oxygens (including phenoxy) is 1. The number of nitro benzene ring substituents is 3. The molecule has 1 rings (SSSR count).